The van der Waals surface area contributed by atoms with Crippen molar-refractivity contribution in [3.05, 3.63) is 77.6 Å². The van der Waals surface area contributed by atoms with Crippen molar-refractivity contribution in [2.24, 2.45) is 0 Å². The Bertz CT molecular complexity index is 1020. The summed E-state index contributed by atoms with van der Waals surface area (Å²) < 4.78 is 5.34. The van der Waals surface area contributed by atoms with Crippen molar-refractivity contribution in [3.63, 3.8) is 0 Å². The molecule has 1 N–H and O–H groups in total. The van der Waals surface area contributed by atoms with Crippen LogP contribution in [0.15, 0.2) is 61.0 Å². The lowest BCUT2D eigenvalue weighted by Gasteiger charge is -2.19. The molecular formula is C25H27N3O2. The average Bonchev–Trinajstić information content (AvgIpc) is 3.04. The fraction of sp³-hybridized carbons (Fsp3) is 0.280. The number of carbonyl (C=O) groups is 1. The van der Waals surface area contributed by atoms with E-state index in [1.165, 1.54) is 11.1 Å². The van der Waals surface area contributed by atoms with Crippen molar-refractivity contribution < 1.29 is 9.53 Å². The minimum Gasteiger partial charge on any atom is -0.497 e. The number of pyridine rings is 1. The van der Waals surface area contributed by atoms with E-state index in [0.29, 0.717) is 6.54 Å². The predicted molar refractivity (Wildman–Crippen MR) is 121 cm³/mol. The van der Waals surface area contributed by atoms with Gasteiger partial charge in [-0.25, -0.2) is 4.98 Å². The van der Waals surface area contributed by atoms with Gasteiger partial charge in [-0.1, -0.05) is 24.8 Å². The Kier molecular flexibility index (Phi) is 5.98. The van der Waals surface area contributed by atoms with Crippen molar-refractivity contribution in [2.75, 3.05) is 25.5 Å². The molecule has 1 aromatic carbocycles. The third-order valence-electron chi connectivity index (χ3n) is 5.59. The molecule has 154 valence electrons. The number of amides is 1. The highest BCUT2D eigenvalue weighted by atomic mass is 16.5. The summed E-state index contributed by atoms with van der Waals surface area (Å²) in [7, 11) is 1.68. The first-order chi connectivity index (χ1) is 14.6. The van der Waals surface area contributed by atoms with E-state index in [4.69, 9.17) is 4.74 Å². The first-order valence-electron chi connectivity index (χ1n) is 10.4. The van der Waals surface area contributed by atoms with Crippen LogP contribution < -0.4 is 10.1 Å². The maximum absolute atomic E-state index is 12.8. The van der Waals surface area contributed by atoms with Gasteiger partial charge in [0.05, 0.1) is 7.11 Å². The minimum atomic E-state index is 0.0412. The molecule has 0 spiro atoms. The number of methoxy groups -OCH3 is 1. The van der Waals surface area contributed by atoms with Crippen LogP contribution in [0.1, 0.15) is 36.0 Å². The van der Waals surface area contributed by atoms with Crippen LogP contribution >= 0.6 is 0 Å². The molecule has 2 aliphatic heterocycles. The molecule has 0 saturated heterocycles. The van der Waals surface area contributed by atoms with E-state index in [9.17, 15) is 4.79 Å². The predicted octanol–water partition coefficient (Wildman–Crippen LogP) is 4.68. The van der Waals surface area contributed by atoms with Gasteiger partial charge in [-0.2, -0.15) is 0 Å². The van der Waals surface area contributed by atoms with Gasteiger partial charge in [-0.15, -0.1) is 0 Å². The van der Waals surface area contributed by atoms with Crippen LogP contribution in [-0.4, -0.2) is 36.0 Å². The summed E-state index contributed by atoms with van der Waals surface area (Å²) in [5.74, 6) is 1.77. The minimum absolute atomic E-state index is 0.0412. The standard InChI is InChI=1S/C25H27N3O2/c1-18-8-10-22-15-19(17-26-25(22)27-18)9-11-24(29)28-13-4-6-20(12-14-28)21-5-3-7-23(16-21)30-2/h3,5-7,9,11,15-17H,1,4,8,10,12-14H2,2H3,(H,26,27)/b11-9+. The zero-order valence-corrected chi connectivity index (χ0v) is 17.4. The Morgan fingerprint density at radius 1 is 1.23 bits per heavy atom. The summed E-state index contributed by atoms with van der Waals surface area (Å²) in [5, 5.41) is 3.22. The summed E-state index contributed by atoms with van der Waals surface area (Å²) >= 11 is 0. The maximum Gasteiger partial charge on any atom is 0.246 e. The lowest BCUT2D eigenvalue weighted by atomic mass is 10.0. The Hall–Kier alpha value is -3.34. The second kappa shape index (κ2) is 8.99. The maximum atomic E-state index is 12.8. The number of aromatic nitrogens is 1. The number of nitrogens with one attached hydrogen (secondary N) is 1. The fourth-order valence-electron chi connectivity index (χ4n) is 3.88. The Morgan fingerprint density at radius 3 is 3.00 bits per heavy atom. The summed E-state index contributed by atoms with van der Waals surface area (Å²) in [5.41, 5.74) is 5.54. The highest BCUT2D eigenvalue weighted by Crippen LogP contribution is 2.26. The van der Waals surface area contributed by atoms with Gasteiger partial charge in [0.15, 0.2) is 0 Å². The van der Waals surface area contributed by atoms with Gasteiger partial charge in [-0.3, -0.25) is 4.79 Å². The first kappa shape index (κ1) is 20.0. The van der Waals surface area contributed by atoms with E-state index in [2.05, 4.69) is 41.2 Å². The number of ether oxygens (including phenoxy) is 1. The molecule has 0 fully saturated rings. The second-order valence-electron chi connectivity index (χ2n) is 7.66. The van der Waals surface area contributed by atoms with E-state index in [-0.39, 0.29) is 5.91 Å². The van der Waals surface area contributed by atoms with Crippen LogP contribution in [-0.2, 0) is 11.2 Å². The van der Waals surface area contributed by atoms with Gasteiger partial charge in [0.25, 0.3) is 0 Å². The van der Waals surface area contributed by atoms with Gasteiger partial charge in [0.1, 0.15) is 11.6 Å². The summed E-state index contributed by atoms with van der Waals surface area (Å²) in [6, 6.07) is 10.2. The Labute approximate surface area is 177 Å². The van der Waals surface area contributed by atoms with E-state index < -0.39 is 0 Å². The number of aryl methyl sites for hydroxylation is 1. The molecule has 3 heterocycles. The van der Waals surface area contributed by atoms with Crippen molar-refractivity contribution in [1.29, 1.82) is 0 Å². The molecule has 4 rings (SSSR count). The molecule has 2 aliphatic rings. The summed E-state index contributed by atoms with van der Waals surface area (Å²) in [4.78, 5) is 19.1. The molecule has 1 aromatic heterocycles. The number of hydrogen-bond donors (Lipinski definition) is 1. The molecule has 5 nitrogen and oxygen atoms in total. The molecule has 0 radical (unpaired) electrons. The molecule has 2 aromatic rings. The quantitative estimate of drug-likeness (QED) is 0.756. The fourth-order valence-corrected chi connectivity index (χ4v) is 3.88. The normalized spacial score (nSPS) is 16.5. The van der Waals surface area contributed by atoms with Crippen LogP contribution in [0.5, 0.6) is 5.75 Å². The monoisotopic (exact) mass is 401 g/mol. The van der Waals surface area contributed by atoms with E-state index in [0.717, 1.165) is 60.6 Å². The van der Waals surface area contributed by atoms with Gasteiger partial charge in [-0.05, 0) is 72.2 Å². The number of anilines is 1. The largest absolute Gasteiger partial charge is 0.497 e. The van der Waals surface area contributed by atoms with Gasteiger partial charge >= 0.3 is 0 Å². The van der Waals surface area contributed by atoms with Crippen molar-refractivity contribution in [1.82, 2.24) is 9.88 Å². The van der Waals surface area contributed by atoms with E-state index >= 15 is 0 Å². The third kappa shape index (κ3) is 4.62. The summed E-state index contributed by atoms with van der Waals surface area (Å²) in [6.07, 6.45) is 11.1. The second-order valence-corrected chi connectivity index (χ2v) is 7.66. The van der Waals surface area contributed by atoms with E-state index in [1.54, 1.807) is 19.4 Å². The summed E-state index contributed by atoms with van der Waals surface area (Å²) in [6.45, 7) is 5.40. The van der Waals surface area contributed by atoms with Crippen LogP contribution in [0.25, 0.3) is 11.6 Å². The number of fused-ring (bicyclic) bond motifs is 1. The van der Waals surface area contributed by atoms with Crippen molar-refractivity contribution in [2.45, 2.75) is 25.7 Å². The molecule has 5 heteroatoms. The molecule has 1 amide bonds. The molecule has 30 heavy (non-hydrogen) atoms. The number of carbonyl (C=O) groups excluding carboxylic acids is 1. The highest BCUT2D eigenvalue weighted by Gasteiger charge is 2.16. The zero-order chi connectivity index (χ0) is 20.9. The number of nitrogens with zero attached hydrogens (tertiary/aromatic N) is 2. The van der Waals surface area contributed by atoms with Crippen LogP contribution in [0.3, 0.4) is 0 Å². The van der Waals surface area contributed by atoms with Gasteiger partial charge in [0.2, 0.25) is 5.91 Å². The average molecular weight is 402 g/mol. The number of hydrogen-bond acceptors (Lipinski definition) is 4. The zero-order valence-electron chi connectivity index (χ0n) is 17.4. The molecule has 0 atom stereocenters. The van der Waals surface area contributed by atoms with E-state index in [1.807, 2.05) is 23.1 Å². The first-order valence-corrected chi connectivity index (χ1v) is 10.4. The smallest absolute Gasteiger partial charge is 0.246 e. The third-order valence-corrected chi connectivity index (χ3v) is 5.59. The van der Waals surface area contributed by atoms with Crippen LogP contribution in [0, 0.1) is 0 Å². The number of rotatable bonds is 4. The molecule has 0 saturated carbocycles. The van der Waals surface area contributed by atoms with Crippen molar-refractivity contribution in [3.8, 4) is 5.75 Å². The SMILES string of the molecule is C=C1CCc2cc(/C=C/C(=O)N3CCC=C(c4cccc(OC)c4)CC3)cnc2N1. The van der Waals surface area contributed by atoms with Crippen molar-refractivity contribution >= 4 is 23.4 Å². The topological polar surface area (TPSA) is 54.5 Å². The Balaban J connectivity index is 1.38. The number of allylic oxidation sites excluding steroid dienone is 1. The van der Waals surface area contributed by atoms with Gasteiger partial charge in [0, 0.05) is 31.1 Å². The molecule has 0 bridgehead atoms. The Morgan fingerprint density at radius 2 is 2.13 bits per heavy atom. The van der Waals surface area contributed by atoms with Crippen LogP contribution in [0.2, 0.25) is 0 Å². The molecule has 0 aliphatic carbocycles. The lowest BCUT2D eigenvalue weighted by molar-refractivity contribution is -0.125. The highest BCUT2D eigenvalue weighted by molar-refractivity contribution is 5.92. The van der Waals surface area contributed by atoms with Gasteiger partial charge < -0.3 is 15.0 Å². The molecular weight excluding hydrogens is 374 g/mol. The van der Waals surface area contributed by atoms with Crippen LogP contribution in [0.4, 0.5) is 5.82 Å². The number of benzene rings is 1. The molecule has 0 unspecified atom stereocenters. The lowest BCUT2D eigenvalue weighted by Crippen LogP contribution is -2.30.